The van der Waals surface area contributed by atoms with E-state index in [1.807, 2.05) is 0 Å². The first-order valence-corrected chi connectivity index (χ1v) is 11.6. The second-order valence-electron chi connectivity index (χ2n) is 8.20. The maximum absolute atomic E-state index is 13.4. The van der Waals surface area contributed by atoms with Crippen LogP contribution in [0.25, 0.3) is 0 Å². The summed E-state index contributed by atoms with van der Waals surface area (Å²) in [4.78, 5) is 32.1. The number of aliphatic hydroxyl groups is 1. The van der Waals surface area contributed by atoms with Crippen molar-refractivity contribution < 1.29 is 41.8 Å². The van der Waals surface area contributed by atoms with E-state index in [0.717, 1.165) is 12.1 Å². The number of hydrogen-bond donors (Lipinski definition) is 1. The van der Waals surface area contributed by atoms with E-state index in [-0.39, 0.29) is 24.0 Å². The molecule has 37 heavy (non-hydrogen) atoms. The van der Waals surface area contributed by atoms with Crippen LogP contribution in [0.3, 0.4) is 0 Å². The van der Waals surface area contributed by atoms with Gasteiger partial charge in [-0.25, -0.2) is 4.39 Å². The molecule has 0 aliphatic carbocycles. The van der Waals surface area contributed by atoms with Gasteiger partial charge in [-0.1, -0.05) is 12.1 Å². The summed E-state index contributed by atoms with van der Waals surface area (Å²) in [6, 6.07) is 8.78. The van der Waals surface area contributed by atoms with Crippen molar-refractivity contribution in [2.24, 2.45) is 5.16 Å². The number of halogens is 4. The summed E-state index contributed by atoms with van der Waals surface area (Å²) >= 11 is 0. The number of nitrogens with zero attached hydrogens (tertiary/aromatic N) is 3. The summed E-state index contributed by atoms with van der Waals surface area (Å²) < 4.78 is 58.4. The van der Waals surface area contributed by atoms with Crippen molar-refractivity contribution in [3.8, 4) is 5.75 Å². The summed E-state index contributed by atoms with van der Waals surface area (Å²) in [7, 11) is 0. The van der Waals surface area contributed by atoms with Crippen molar-refractivity contribution in [2.45, 2.75) is 26.1 Å². The van der Waals surface area contributed by atoms with Crippen LogP contribution >= 0.6 is 0 Å². The molecule has 0 spiro atoms. The van der Waals surface area contributed by atoms with E-state index in [2.05, 4.69) is 5.16 Å². The molecule has 1 aliphatic rings. The van der Waals surface area contributed by atoms with E-state index >= 15 is 0 Å². The van der Waals surface area contributed by atoms with Crippen molar-refractivity contribution >= 4 is 17.5 Å². The van der Waals surface area contributed by atoms with Gasteiger partial charge in [-0.3, -0.25) is 9.59 Å². The first kappa shape index (κ1) is 27.9. The van der Waals surface area contributed by atoms with Gasteiger partial charge in [0.05, 0.1) is 11.3 Å². The minimum atomic E-state index is -4.64. The first-order chi connectivity index (χ1) is 17.6. The first-order valence-electron chi connectivity index (χ1n) is 11.6. The maximum atomic E-state index is 13.4. The third-order valence-corrected chi connectivity index (χ3v) is 5.77. The summed E-state index contributed by atoms with van der Waals surface area (Å²) in [5.74, 6) is -0.986. The lowest BCUT2D eigenvalue weighted by atomic mass is 10.1. The standard InChI is InChI=1S/C25H27F4N3O5/c1-2-22(30-37-15-18-13-19(26)5-8-21(18)25(27,28)29)17-3-6-20(7-4-17)36-16-24(35)32-11-9-31(10-12-32)23(34)14-33/h3-8,13,33H,2,9-12,14-16H2,1H3. The topological polar surface area (TPSA) is 91.7 Å². The molecule has 1 aliphatic heterocycles. The number of oxime groups is 1. The predicted octanol–water partition coefficient (Wildman–Crippen LogP) is 3.22. The molecule has 0 aromatic heterocycles. The molecular formula is C25H27F4N3O5. The van der Waals surface area contributed by atoms with E-state index in [0.29, 0.717) is 55.7 Å². The van der Waals surface area contributed by atoms with E-state index in [9.17, 15) is 27.2 Å². The lowest BCUT2D eigenvalue weighted by molar-refractivity contribution is -0.142. The lowest BCUT2D eigenvalue weighted by Gasteiger charge is -2.34. The number of piperazine rings is 1. The van der Waals surface area contributed by atoms with Gasteiger partial charge in [0.1, 0.15) is 24.8 Å². The van der Waals surface area contributed by atoms with Gasteiger partial charge in [0, 0.05) is 31.7 Å². The normalized spacial score (nSPS) is 14.5. The quantitative estimate of drug-likeness (QED) is 0.309. The van der Waals surface area contributed by atoms with Crippen molar-refractivity contribution in [3.05, 3.63) is 65.0 Å². The molecule has 0 radical (unpaired) electrons. The van der Waals surface area contributed by atoms with E-state index < -0.39 is 30.8 Å². The minimum Gasteiger partial charge on any atom is -0.484 e. The van der Waals surface area contributed by atoms with Gasteiger partial charge >= 0.3 is 6.18 Å². The highest BCUT2D eigenvalue weighted by molar-refractivity contribution is 6.00. The fourth-order valence-corrected chi connectivity index (χ4v) is 3.74. The summed E-state index contributed by atoms with van der Waals surface area (Å²) in [6.45, 7) is 1.88. The summed E-state index contributed by atoms with van der Waals surface area (Å²) in [6.07, 6.45) is -4.23. The molecular weight excluding hydrogens is 498 g/mol. The third kappa shape index (κ3) is 7.66. The van der Waals surface area contributed by atoms with Crippen LogP contribution < -0.4 is 4.74 Å². The number of amides is 2. The summed E-state index contributed by atoms with van der Waals surface area (Å²) in [5.41, 5.74) is -0.246. The zero-order valence-corrected chi connectivity index (χ0v) is 20.1. The molecule has 0 atom stereocenters. The van der Waals surface area contributed by atoms with Crippen LogP contribution in [0, 0.1) is 5.82 Å². The van der Waals surface area contributed by atoms with Crippen LogP contribution in [0.1, 0.15) is 30.0 Å². The molecule has 0 bridgehead atoms. The molecule has 1 N–H and O–H groups in total. The molecule has 2 aromatic carbocycles. The fraction of sp³-hybridized carbons (Fsp3) is 0.400. The smallest absolute Gasteiger partial charge is 0.416 e. The molecule has 3 rings (SSSR count). The van der Waals surface area contributed by atoms with Crippen molar-refractivity contribution in [2.75, 3.05) is 39.4 Å². The molecule has 2 amide bonds. The molecule has 2 aromatic rings. The van der Waals surface area contributed by atoms with Gasteiger partial charge in [-0.15, -0.1) is 0 Å². The molecule has 12 heteroatoms. The van der Waals surface area contributed by atoms with Gasteiger partial charge in [0.15, 0.2) is 6.61 Å². The SMILES string of the molecule is CCC(=NOCc1cc(F)ccc1C(F)(F)F)c1ccc(OCC(=O)N2CCN(C(=O)CO)CC2)cc1. The molecule has 1 fully saturated rings. The summed E-state index contributed by atoms with van der Waals surface area (Å²) in [5, 5.41) is 12.9. The van der Waals surface area contributed by atoms with Gasteiger partial charge in [-0.05, 0) is 54.4 Å². The zero-order chi connectivity index (χ0) is 27.0. The Kier molecular flexibility index (Phi) is 9.45. The largest absolute Gasteiger partial charge is 0.484 e. The van der Waals surface area contributed by atoms with Crippen LogP contribution in [-0.4, -0.2) is 71.8 Å². The predicted molar refractivity (Wildman–Crippen MR) is 125 cm³/mol. The van der Waals surface area contributed by atoms with Crippen LogP contribution in [0.4, 0.5) is 17.6 Å². The minimum absolute atomic E-state index is 0.194. The second-order valence-corrected chi connectivity index (χ2v) is 8.20. The number of carbonyl (C=O) groups excluding carboxylic acids is 2. The Morgan fingerprint density at radius 3 is 2.19 bits per heavy atom. The van der Waals surface area contributed by atoms with Gasteiger partial charge in [-0.2, -0.15) is 13.2 Å². The highest BCUT2D eigenvalue weighted by Gasteiger charge is 2.33. The van der Waals surface area contributed by atoms with Crippen LogP contribution in [0.2, 0.25) is 0 Å². The van der Waals surface area contributed by atoms with Gasteiger partial charge in [0.25, 0.3) is 5.91 Å². The number of rotatable bonds is 9. The van der Waals surface area contributed by atoms with Crippen molar-refractivity contribution in [3.63, 3.8) is 0 Å². The Hall–Kier alpha value is -3.67. The average molecular weight is 525 g/mol. The molecule has 8 nitrogen and oxygen atoms in total. The maximum Gasteiger partial charge on any atom is 0.416 e. The second kappa shape index (κ2) is 12.5. The number of aliphatic hydroxyl groups excluding tert-OH is 1. The number of carbonyl (C=O) groups is 2. The van der Waals surface area contributed by atoms with Gasteiger partial charge < -0.3 is 24.5 Å². The lowest BCUT2D eigenvalue weighted by Crippen LogP contribution is -2.52. The van der Waals surface area contributed by atoms with Crippen LogP contribution in [0.15, 0.2) is 47.6 Å². The van der Waals surface area contributed by atoms with Crippen molar-refractivity contribution in [1.29, 1.82) is 0 Å². The Balaban J connectivity index is 1.54. The Bertz CT molecular complexity index is 1110. The highest BCUT2D eigenvalue weighted by Crippen LogP contribution is 2.32. The number of hydrogen-bond acceptors (Lipinski definition) is 6. The monoisotopic (exact) mass is 525 g/mol. The molecule has 200 valence electrons. The van der Waals surface area contributed by atoms with E-state index in [4.69, 9.17) is 14.7 Å². The fourth-order valence-electron chi connectivity index (χ4n) is 3.74. The Morgan fingerprint density at radius 2 is 1.62 bits per heavy atom. The Labute approximate surface area is 211 Å². The molecule has 0 unspecified atom stereocenters. The molecule has 1 saturated heterocycles. The number of alkyl halides is 3. The zero-order valence-electron chi connectivity index (χ0n) is 20.1. The highest BCUT2D eigenvalue weighted by atomic mass is 19.4. The van der Waals surface area contributed by atoms with Gasteiger partial charge in [0.2, 0.25) is 5.91 Å². The van der Waals surface area contributed by atoms with Crippen LogP contribution in [0.5, 0.6) is 5.75 Å². The molecule has 0 saturated carbocycles. The van der Waals surface area contributed by atoms with Crippen LogP contribution in [-0.2, 0) is 27.2 Å². The van der Waals surface area contributed by atoms with E-state index in [1.54, 1.807) is 36.1 Å². The van der Waals surface area contributed by atoms with E-state index in [1.165, 1.54) is 4.90 Å². The average Bonchev–Trinajstić information content (AvgIpc) is 2.89. The molecule has 1 heterocycles. The van der Waals surface area contributed by atoms with Crippen molar-refractivity contribution in [1.82, 2.24) is 9.80 Å². The number of benzene rings is 2. The third-order valence-electron chi connectivity index (χ3n) is 5.77. The Morgan fingerprint density at radius 1 is 1.00 bits per heavy atom. The number of ether oxygens (including phenoxy) is 1.